The average molecular weight is 557 g/mol. The van der Waals surface area contributed by atoms with Crippen molar-refractivity contribution in [2.45, 2.75) is 19.8 Å². The van der Waals surface area contributed by atoms with Gasteiger partial charge in [0.25, 0.3) is 0 Å². The lowest BCUT2D eigenvalue weighted by atomic mass is 9.79. The summed E-state index contributed by atoms with van der Waals surface area (Å²) in [5.74, 6) is -0.0562. The van der Waals surface area contributed by atoms with E-state index in [1.165, 1.54) is 7.11 Å². The van der Waals surface area contributed by atoms with Gasteiger partial charge in [-0.1, -0.05) is 36.9 Å². The number of nitrogens with one attached hydrogen (secondary N) is 1. The third-order valence-corrected chi connectivity index (χ3v) is 6.47. The Morgan fingerprint density at radius 2 is 1.94 bits per heavy atom. The molecule has 0 unspecified atom stereocenters. The van der Waals surface area contributed by atoms with Crippen LogP contribution in [0.25, 0.3) is 5.70 Å². The number of ether oxygens (including phenoxy) is 3. The summed E-state index contributed by atoms with van der Waals surface area (Å²) in [5.41, 5.74) is 4.50. The predicted octanol–water partition coefficient (Wildman–Crippen LogP) is 5.00. The maximum atomic E-state index is 13.5. The van der Waals surface area contributed by atoms with E-state index in [1.807, 2.05) is 50.2 Å². The summed E-state index contributed by atoms with van der Waals surface area (Å²) in [6.07, 6.45) is 1.67. The Balaban J connectivity index is 1.94. The number of benzene rings is 2. The zero-order valence-corrected chi connectivity index (χ0v) is 20.8. The summed E-state index contributed by atoms with van der Waals surface area (Å²) >= 11 is 2.18. The minimum Gasteiger partial charge on any atom is -0.490 e. The summed E-state index contributed by atoms with van der Waals surface area (Å²) in [6, 6.07) is 11.2. The Morgan fingerprint density at radius 3 is 2.61 bits per heavy atom. The van der Waals surface area contributed by atoms with Crippen LogP contribution in [-0.2, 0) is 9.53 Å². The highest BCUT2D eigenvalue weighted by Gasteiger charge is 2.43. The van der Waals surface area contributed by atoms with Crippen molar-refractivity contribution in [1.82, 2.24) is 5.32 Å². The number of ketones is 1. The molecule has 1 aliphatic carbocycles. The van der Waals surface area contributed by atoms with E-state index in [9.17, 15) is 9.59 Å². The molecule has 2 aromatic carbocycles. The Labute approximate surface area is 206 Å². The van der Waals surface area contributed by atoms with E-state index in [4.69, 9.17) is 14.2 Å². The minimum absolute atomic E-state index is 0.105. The van der Waals surface area contributed by atoms with Gasteiger partial charge < -0.3 is 19.5 Å². The summed E-state index contributed by atoms with van der Waals surface area (Å²) in [5, 5.41) is 3.29. The van der Waals surface area contributed by atoms with Crippen LogP contribution in [0.15, 0.2) is 65.9 Å². The molecule has 0 radical (unpaired) electrons. The standard InChI is InChI=1S/C26H24INO5/c1-5-11-33-25-18(27)12-15(13-19(25)32-6-2)21-20(26(30)31-4)14(3)28-23-16-9-7-8-10-17(16)24(29)22(21)23/h5,7-10,12-13,21,28H,1,6,11H2,2-4H3/t21-/m0/s1. The molecule has 0 spiro atoms. The number of carbonyl (C=O) groups excluding carboxylic acids is 2. The minimum atomic E-state index is -0.616. The molecule has 4 rings (SSSR count). The van der Waals surface area contributed by atoms with Crippen LogP contribution in [0.4, 0.5) is 0 Å². The van der Waals surface area contributed by atoms with Crippen molar-refractivity contribution >= 4 is 40.0 Å². The van der Waals surface area contributed by atoms with E-state index in [1.54, 1.807) is 6.08 Å². The molecular formula is C26H24INO5. The van der Waals surface area contributed by atoms with E-state index in [0.717, 1.165) is 20.4 Å². The van der Waals surface area contributed by atoms with Crippen LogP contribution < -0.4 is 14.8 Å². The summed E-state index contributed by atoms with van der Waals surface area (Å²) in [7, 11) is 1.34. The number of esters is 1. The third kappa shape index (κ3) is 3.94. The van der Waals surface area contributed by atoms with Crippen molar-refractivity contribution in [2.24, 2.45) is 0 Å². The molecule has 0 fully saturated rings. The second kappa shape index (κ2) is 9.43. The lowest BCUT2D eigenvalue weighted by Crippen LogP contribution is -2.29. The fraction of sp³-hybridized carbons (Fsp3) is 0.231. The molecule has 33 heavy (non-hydrogen) atoms. The van der Waals surface area contributed by atoms with Crippen molar-refractivity contribution in [3.05, 3.63) is 86.2 Å². The summed E-state index contributed by atoms with van der Waals surface area (Å²) in [6.45, 7) is 8.19. The van der Waals surface area contributed by atoms with Gasteiger partial charge in [0.15, 0.2) is 17.3 Å². The number of dihydropyridines is 1. The normalized spacial score (nSPS) is 16.7. The van der Waals surface area contributed by atoms with Crippen LogP contribution in [0.2, 0.25) is 0 Å². The first-order valence-electron chi connectivity index (χ1n) is 10.6. The largest absolute Gasteiger partial charge is 0.490 e. The van der Waals surface area contributed by atoms with E-state index >= 15 is 0 Å². The molecule has 1 N–H and O–H groups in total. The fourth-order valence-corrected chi connectivity index (χ4v) is 5.12. The van der Waals surface area contributed by atoms with Crippen LogP contribution in [0.1, 0.15) is 41.3 Å². The van der Waals surface area contributed by atoms with E-state index in [0.29, 0.717) is 47.1 Å². The number of fused-ring (bicyclic) bond motifs is 2. The zero-order valence-electron chi connectivity index (χ0n) is 18.7. The molecule has 2 aliphatic rings. The summed E-state index contributed by atoms with van der Waals surface area (Å²) in [4.78, 5) is 26.5. The van der Waals surface area contributed by atoms with Crippen LogP contribution in [0, 0.1) is 3.57 Å². The van der Waals surface area contributed by atoms with E-state index in [-0.39, 0.29) is 5.78 Å². The Kier molecular flexibility index (Phi) is 6.60. The van der Waals surface area contributed by atoms with Crippen LogP contribution in [-0.4, -0.2) is 32.1 Å². The van der Waals surface area contributed by atoms with Crippen molar-refractivity contribution in [1.29, 1.82) is 0 Å². The van der Waals surface area contributed by atoms with Crippen LogP contribution in [0.3, 0.4) is 0 Å². The molecule has 6 nitrogen and oxygen atoms in total. The molecular weight excluding hydrogens is 533 g/mol. The Morgan fingerprint density at radius 1 is 1.21 bits per heavy atom. The zero-order chi connectivity index (χ0) is 23.7. The van der Waals surface area contributed by atoms with E-state index in [2.05, 4.69) is 34.5 Å². The molecule has 1 heterocycles. The Hall–Kier alpha value is -3.07. The molecule has 2 aromatic rings. The molecule has 1 aliphatic heterocycles. The number of allylic oxidation sites excluding steroid dienone is 2. The number of halogens is 1. The quantitative estimate of drug-likeness (QED) is 0.294. The van der Waals surface area contributed by atoms with Crippen molar-refractivity contribution in [2.75, 3.05) is 20.3 Å². The number of rotatable bonds is 7. The third-order valence-electron chi connectivity index (χ3n) is 5.66. The van der Waals surface area contributed by atoms with E-state index < -0.39 is 11.9 Å². The first-order chi connectivity index (χ1) is 15.9. The molecule has 0 saturated heterocycles. The number of Topliss-reactive ketones (excluding diaryl/α,β-unsaturated/α-hetero) is 1. The second-order valence-corrected chi connectivity index (χ2v) is 8.78. The van der Waals surface area contributed by atoms with Crippen molar-refractivity contribution < 1.29 is 23.8 Å². The van der Waals surface area contributed by atoms with Gasteiger partial charge in [-0.25, -0.2) is 4.79 Å². The Bertz CT molecular complexity index is 1230. The van der Waals surface area contributed by atoms with Gasteiger partial charge >= 0.3 is 5.97 Å². The van der Waals surface area contributed by atoms with Gasteiger partial charge in [-0.05, 0) is 54.1 Å². The lowest BCUT2D eigenvalue weighted by Gasteiger charge is -2.29. The van der Waals surface area contributed by atoms with Gasteiger partial charge in [0.05, 0.1) is 28.6 Å². The van der Waals surface area contributed by atoms with Crippen molar-refractivity contribution in [3.63, 3.8) is 0 Å². The molecule has 170 valence electrons. The molecule has 0 amide bonds. The topological polar surface area (TPSA) is 73.9 Å². The fourth-order valence-electron chi connectivity index (χ4n) is 4.34. The van der Waals surface area contributed by atoms with Crippen molar-refractivity contribution in [3.8, 4) is 11.5 Å². The smallest absolute Gasteiger partial charge is 0.336 e. The lowest BCUT2D eigenvalue weighted by molar-refractivity contribution is -0.136. The maximum absolute atomic E-state index is 13.5. The number of hydrogen-bond acceptors (Lipinski definition) is 6. The maximum Gasteiger partial charge on any atom is 0.336 e. The molecule has 7 heteroatoms. The van der Waals surface area contributed by atoms with Gasteiger partial charge in [0, 0.05) is 28.3 Å². The van der Waals surface area contributed by atoms with Gasteiger partial charge in [-0.2, -0.15) is 0 Å². The first-order valence-corrected chi connectivity index (χ1v) is 11.6. The highest BCUT2D eigenvalue weighted by Crippen LogP contribution is 2.48. The molecule has 1 atom stereocenters. The first kappa shape index (κ1) is 23.1. The molecule has 0 bridgehead atoms. The van der Waals surface area contributed by atoms with Crippen LogP contribution in [0.5, 0.6) is 11.5 Å². The summed E-state index contributed by atoms with van der Waals surface area (Å²) < 4.78 is 17.6. The van der Waals surface area contributed by atoms with Gasteiger partial charge in [0.2, 0.25) is 0 Å². The monoisotopic (exact) mass is 557 g/mol. The second-order valence-electron chi connectivity index (χ2n) is 7.61. The molecule has 0 saturated carbocycles. The average Bonchev–Trinajstić information content (AvgIpc) is 3.09. The highest BCUT2D eigenvalue weighted by molar-refractivity contribution is 14.1. The predicted molar refractivity (Wildman–Crippen MR) is 134 cm³/mol. The van der Waals surface area contributed by atoms with Gasteiger partial charge in [0.1, 0.15) is 6.61 Å². The number of hydrogen-bond donors (Lipinski definition) is 1. The van der Waals surface area contributed by atoms with Gasteiger partial charge in [-0.3, -0.25) is 4.79 Å². The van der Waals surface area contributed by atoms with Crippen LogP contribution >= 0.6 is 22.6 Å². The molecule has 0 aromatic heterocycles. The number of methoxy groups -OCH3 is 1. The number of carbonyl (C=O) groups is 2. The SMILES string of the molecule is C=CCOc1c(I)cc([C@H]2C(C(=O)OC)=C(C)NC3=C2C(=O)c2ccccc23)cc1OCC. The highest BCUT2D eigenvalue weighted by atomic mass is 127. The van der Waals surface area contributed by atoms with Gasteiger partial charge in [-0.15, -0.1) is 0 Å².